The van der Waals surface area contributed by atoms with Crippen molar-refractivity contribution in [3.63, 3.8) is 0 Å². The molecule has 4 aromatic rings. The van der Waals surface area contributed by atoms with Crippen LogP contribution >= 0.6 is 0 Å². The third-order valence-electron chi connectivity index (χ3n) is 16.9. The Labute approximate surface area is 649 Å². The first-order valence-corrected chi connectivity index (χ1v) is 39.6. The van der Waals surface area contributed by atoms with Crippen molar-refractivity contribution in [3.8, 4) is 46.0 Å². The molecular weight excluding hydrogens is 1380 g/mol. The van der Waals surface area contributed by atoms with E-state index in [-0.39, 0.29) is 48.1 Å². The molecule has 0 N–H and O–H groups in total. The number of ether oxygens (including phenoxy) is 12. The molecule has 4 atom stereocenters. The molecule has 21 heteroatoms. The molecule has 0 amide bonds. The zero-order valence-corrected chi connectivity index (χ0v) is 69.4. The molecule has 0 heterocycles. The first-order valence-electron chi connectivity index (χ1n) is 39.6. The van der Waals surface area contributed by atoms with E-state index in [1.54, 1.807) is 27.7 Å². The summed E-state index contributed by atoms with van der Waals surface area (Å²) in [7, 11) is 0. The zero-order valence-electron chi connectivity index (χ0n) is 67.9. The van der Waals surface area contributed by atoms with Crippen molar-refractivity contribution in [2.75, 3.05) is 106 Å². The summed E-state index contributed by atoms with van der Waals surface area (Å²) in [5.41, 5.74) is -2.12. The van der Waals surface area contributed by atoms with Gasteiger partial charge in [0, 0.05) is 26.4 Å². The molecule has 0 bridgehead atoms. The Balaban J connectivity index is 0.00000137. The third-order valence-corrected chi connectivity index (χ3v) is 16.9. The minimum atomic E-state index is -1.17. The van der Waals surface area contributed by atoms with E-state index in [0.717, 1.165) is 154 Å². The summed E-state index contributed by atoms with van der Waals surface area (Å²) >= 11 is 0. The molecule has 105 heavy (non-hydrogen) atoms. The SMILES string of the molecule is CCCCOCC(C)(O[O-])c1c(OCCCC)cccc1OCCCC.CCCCOCC(C)(O[O-])c1c(OCCCC)cccc1OCCCC.CCCCOCC(C)(O[O-])c1c(OCCCC)cccc1OCCCC.CCCCOCC(C)(O[O-])c1c(OCCCC)cccc1OCCCC.[Ti+4]. The third kappa shape index (κ3) is 39.1. The van der Waals surface area contributed by atoms with Gasteiger partial charge in [0.15, 0.2) is 0 Å². The number of hydrogen-bond donors (Lipinski definition) is 0. The monoisotopic (exact) mass is 1520 g/mol. The number of hydrogen-bond acceptors (Lipinski definition) is 20. The van der Waals surface area contributed by atoms with Crippen molar-refractivity contribution in [2.24, 2.45) is 0 Å². The Kier molecular flexibility index (Phi) is 60.6. The average Bonchev–Trinajstić information content (AvgIpc) is 0.816. The van der Waals surface area contributed by atoms with Crippen LogP contribution in [0.5, 0.6) is 46.0 Å². The molecule has 0 spiro atoms. The van der Waals surface area contributed by atoms with Crippen molar-refractivity contribution >= 4 is 0 Å². The summed E-state index contributed by atoms with van der Waals surface area (Å²) in [6.45, 7) is 40.0. The molecular formula is C84H140O20Ti. The van der Waals surface area contributed by atoms with Gasteiger partial charge < -0.3 is 97.4 Å². The van der Waals surface area contributed by atoms with E-state index in [0.29, 0.717) is 148 Å². The van der Waals surface area contributed by atoms with Gasteiger partial charge in [0.25, 0.3) is 0 Å². The Morgan fingerprint density at radius 3 is 0.457 bits per heavy atom. The van der Waals surface area contributed by atoms with Crippen LogP contribution in [0, 0.1) is 0 Å². The molecule has 20 nitrogen and oxygen atoms in total. The van der Waals surface area contributed by atoms with Gasteiger partial charge in [-0.1, -0.05) is 184 Å². The van der Waals surface area contributed by atoms with E-state index in [2.05, 4.69) is 103 Å². The van der Waals surface area contributed by atoms with E-state index in [1.165, 1.54) is 0 Å². The second-order valence-corrected chi connectivity index (χ2v) is 27.0. The first kappa shape index (κ1) is 101. The summed E-state index contributed by atoms with van der Waals surface area (Å²) < 4.78 is 70.4. The topological polar surface area (TPSA) is 240 Å². The second kappa shape index (κ2) is 63.3. The van der Waals surface area contributed by atoms with Gasteiger partial charge in [-0.15, -0.1) is 0 Å². The van der Waals surface area contributed by atoms with Gasteiger partial charge in [0.05, 0.1) is 102 Å². The molecule has 0 aliphatic carbocycles. The summed E-state index contributed by atoms with van der Waals surface area (Å²) in [4.78, 5) is 18.7. The Morgan fingerprint density at radius 2 is 0.343 bits per heavy atom. The minimum absolute atomic E-state index is 0. The van der Waals surface area contributed by atoms with Gasteiger partial charge in [-0.3, -0.25) is 0 Å². The fourth-order valence-corrected chi connectivity index (χ4v) is 10.3. The summed E-state index contributed by atoms with van der Waals surface area (Å²) in [5.74, 6) is 5.04. The fraction of sp³-hybridized carbons (Fsp3) is 0.714. The van der Waals surface area contributed by atoms with Crippen molar-refractivity contribution in [2.45, 2.75) is 287 Å². The zero-order chi connectivity index (χ0) is 77.0. The average molecular weight is 1520 g/mol. The minimum Gasteiger partial charge on any atom is -0.723 e. The quantitative estimate of drug-likeness (QED) is 0.0173. The van der Waals surface area contributed by atoms with Crippen LogP contribution in [-0.2, 0) is 82.6 Å². The van der Waals surface area contributed by atoms with Crippen molar-refractivity contribution in [1.29, 1.82) is 0 Å². The van der Waals surface area contributed by atoms with Crippen LogP contribution in [-0.4, -0.2) is 106 Å². The number of benzene rings is 4. The van der Waals surface area contributed by atoms with Crippen LogP contribution in [0.25, 0.3) is 0 Å². The van der Waals surface area contributed by atoms with Gasteiger partial charge in [-0.2, -0.15) is 0 Å². The largest absolute Gasteiger partial charge is 4.00 e. The van der Waals surface area contributed by atoms with Crippen LogP contribution < -0.4 is 58.9 Å². The molecule has 0 aromatic heterocycles. The van der Waals surface area contributed by atoms with E-state index in [4.69, 9.17) is 56.8 Å². The van der Waals surface area contributed by atoms with Gasteiger partial charge >= 0.3 is 21.7 Å². The normalized spacial score (nSPS) is 13.3. The van der Waals surface area contributed by atoms with E-state index in [9.17, 15) is 21.0 Å². The van der Waals surface area contributed by atoms with Crippen LogP contribution in [0.2, 0.25) is 0 Å². The van der Waals surface area contributed by atoms with Gasteiger partial charge in [0.2, 0.25) is 0 Å². The Hall–Kier alpha value is -4.49. The van der Waals surface area contributed by atoms with Crippen LogP contribution in [0.1, 0.15) is 287 Å². The van der Waals surface area contributed by atoms with Crippen molar-refractivity contribution < 1.29 is 119 Å². The van der Waals surface area contributed by atoms with Gasteiger partial charge in [-0.05, 0) is 153 Å². The molecule has 4 unspecified atom stereocenters. The second-order valence-electron chi connectivity index (χ2n) is 27.0. The van der Waals surface area contributed by atoms with Gasteiger partial charge in [0.1, 0.15) is 68.4 Å². The van der Waals surface area contributed by atoms with Crippen LogP contribution in [0.3, 0.4) is 0 Å². The van der Waals surface area contributed by atoms with Crippen molar-refractivity contribution in [1.82, 2.24) is 0 Å². The van der Waals surface area contributed by atoms with E-state index < -0.39 is 22.4 Å². The maximum atomic E-state index is 11.7. The molecule has 0 aliphatic rings. The smallest absolute Gasteiger partial charge is 0.723 e. The van der Waals surface area contributed by atoms with Crippen LogP contribution in [0.15, 0.2) is 72.8 Å². The predicted molar refractivity (Wildman–Crippen MR) is 406 cm³/mol. The first-order chi connectivity index (χ1) is 50.5. The molecule has 600 valence electrons. The molecule has 0 saturated heterocycles. The molecule has 0 radical (unpaired) electrons. The molecule has 0 saturated carbocycles. The standard InChI is InChI=1S/4C21H36O5.Ti/c4*1-5-8-14-23-17-21(4,26-22)20-18(24-15-9-6-2)12-11-13-19(20)25-16-10-7-3;/h4*11-13,22H,5-10,14-17H2,1-4H3;/q;;;;+4/p-4. The van der Waals surface area contributed by atoms with E-state index in [1.807, 2.05) is 72.8 Å². The molecule has 4 aromatic carbocycles. The van der Waals surface area contributed by atoms with Crippen molar-refractivity contribution in [3.05, 3.63) is 95.1 Å². The van der Waals surface area contributed by atoms with E-state index >= 15 is 0 Å². The number of rotatable bonds is 60. The predicted octanol–water partition coefficient (Wildman–Crippen LogP) is 17.5. The maximum Gasteiger partial charge on any atom is 4.00 e. The molecule has 4 rings (SSSR count). The fourth-order valence-electron chi connectivity index (χ4n) is 10.3. The Morgan fingerprint density at radius 1 is 0.219 bits per heavy atom. The summed E-state index contributed by atoms with van der Waals surface area (Å²) in [6, 6.07) is 22.4. The molecule has 0 fully saturated rings. The summed E-state index contributed by atoms with van der Waals surface area (Å²) in [6.07, 6.45) is 23.8. The molecule has 0 aliphatic heterocycles. The number of unbranched alkanes of at least 4 members (excludes halogenated alkanes) is 12. The van der Waals surface area contributed by atoms with Gasteiger partial charge in [-0.25, -0.2) is 0 Å². The Bertz CT molecular complexity index is 2220. The summed E-state index contributed by atoms with van der Waals surface area (Å²) in [5, 5.41) is 46.8. The van der Waals surface area contributed by atoms with Crippen LogP contribution in [0.4, 0.5) is 0 Å². The maximum absolute atomic E-state index is 11.7.